The molecule has 0 amide bonds. The lowest BCUT2D eigenvalue weighted by Gasteiger charge is -2.15. The number of nitrogens with one attached hydrogen (secondary N) is 1. The predicted octanol–water partition coefficient (Wildman–Crippen LogP) is 11.2. The van der Waals surface area contributed by atoms with Crippen LogP contribution in [-0.4, -0.2) is 9.55 Å². The largest absolute Gasteiger partial charge is 0.355 e. The number of fused-ring (bicyclic) bond motifs is 3. The van der Waals surface area contributed by atoms with Gasteiger partial charge in [-0.2, -0.15) is 0 Å². The SMILES string of the molecule is Cc1ccccc1-c1ccccc1Nc1cccc(-c2cncc(-c3cccc(-n4c5ccccc5c5ccccc54)c3)c2)c1. The summed E-state index contributed by atoms with van der Waals surface area (Å²) in [6.45, 7) is 2.16. The average molecular weight is 578 g/mol. The van der Waals surface area contributed by atoms with E-state index < -0.39 is 0 Å². The molecular formula is C42H31N3. The number of anilines is 2. The molecule has 0 radical (unpaired) electrons. The number of nitrogens with zero attached hydrogens (tertiary/aromatic N) is 2. The molecule has 214 valence electrons. The van der Waals surface area contributed by atoms with Crippen LogP contribution in [0.15, 0.2) is 164 Å². The Morgan fingerprint density at radius 2 is 1.09 bits per heavy atom. The molecule has 3 heteroatoms. The molecule has 1 N–H and O–H groups in total. The minimum atomic E-state index is 1.03. The molecule has 45 heavy (non-hydrogen) atoms. The van der Waals surface area contributed by atoms with Crippen LogP contribution in [0.1, 0.15) is 5.56 Å². The van der Waals surface area contributed by atoms with E-state index in [0.717, 1.165) is 39.3 Å². The fourth-order valence-electron chi connectivity index (χ4n) is 6.42. The third kappa shape index (κ3) is 4.95. The first-order chi connectivity index (χ1) is 22.2. The summed E-state index contributed by atoms with van der Waals surface area (Å²) < 4.78 is 2.36. The van der Waals surface area contributed by atoms with Crippen molar-refractivity contribution >= 4 is 33.2 Å². The van der Waals surface area contributed by atoms with Crippen molar-refractivity contribution in [2.75, 3.05) is 5.32 Å². The van der Waals surface area contributed by atoms with Crippen LogP contribution in [0, 0.1) is 6.92 Å². The van der Waals surface area contributed by atoms with E-state index in [1.165, 1.54) is 38.5 Å². The van der Waals surface area contributed by atoms with Crippen LogP contribution in [0.4, 0.5) is 11.4 Å². The van der Waals surface area contributed by atoms with Gasteiger partial charge in [-0.05, 0) is 77.7 Å². The third-order valence-corrected chi connectivity index (χ3v) is 8.59. The van der Waals surface area contributed by atoms with Crippen LogP contribution in [0.2, 0.25) is 0 Å². The van der Waals surface area contributed by atoms with E-state index in [1.807, 2.05) is 12.4 Å². The van der Waals surface area contributed by atoms with Crippen molar-refractivity contribution < 1.29 is 0 Å². The number of hydrogen-bond acceptors (Lipinski definition) is 2. The van der Waals surface area contributed by atoms with E-state index in [4.69, 9.17) is 0 Å². The van der Waals surface area contributed by atoms with Gasteiger partial charge in [0.25, 0.3) is 0 Å². The Hall–Kier alpha value is -5.93. The highest BCUT2D eigenvalue weighted by Crippen LogP contribution is 2.35. The second kappa shape index (κ2) is 11.3. The quantitative estimate of drug-likeness (QED) is 0.213. The van der Waals surface area contributed by atoms with E-state index in [0.29, 0.717) is 0 Å². The normalized spacial score (nSPS) is 11.2. The van der Waals surface area contributed by atoms with Gasteiger partial charge >= 0.3 is 0 Å². The number of benzene rings is 6. The lowest BCUT2D eigenvalue weighted by atomic mass is 9.98. The van der Waals surface area contributed by atoms with Gasteiger partial charge in [0.2, 0.25) is 0 Å². The molecule has 6 aromatic carbocycles. The van der Waals surface area contributed by atoms with Crippen molar-refractivity contribution in [1.29, 1.82) is 0 Å². The lowest BCUT2D eigenvalue weighted by Crippen LogP contribution is -1.95. The van der Waals surface area contributed by atoms with Crippen molar-refractivity contribution in [3.8, 4) is 39.1 Å². The predicted molar refractivity (Wildman–Crippen MR) is 189 cm³/mol. The monoisotopic (exact) mass is 577 g/mol. The first kappa shape index (κ1) is 26.7. The maximum Gasteiger partial charge on any atom is 0.0541 e. The zero-order valence-corrected chi connectivity index (χ0v) is 25.0. The van der Waals surface area contributed by atoms with E-state index in [2.05, 4.69) is 173 Å². The number of pyridine rings is 1. The third-order valence-electron chi connectivity index (χ3n) is 8.59. The van der Waals surface area contributed by atoms with Gasteiger partial charge in [-0.15, -0.1) is 0 Å². The second-order valence-electron chi connectivity index (χ2n) is 11.4. The standard InChI is InChI=1S/C42H31N3/c1-29-12-2-3-17-36(29)37-18-4-7-21-40(37)44-34-15-10-13-30(25-34)32-24-33(28-43-27-32)31-14-11-16-35(26-31)45-41-22-8-5-19-38(41)39-20-6-9-23-42(39)45/h2-28,44H,1H3. The molecule has 8 rings (SSSR count). The Balaban J connectivity index is 1.14. The molecule has 2 heterocycles. The Morgan fingerprint density at radius 1 is 0.489 bits per heavy atom. The van der Waals surface area contributed by atoms with Crippen molar-refractivity contribution in [2.24, 2.45) is 0 Å². The van der Waals surface area contributed by atoms with Gasteiger partial charge in [-0.25, -0.2) is 0 Å². The van der Waals surface area contributed by atoms with Crippen molar-refractivity contribution in [3.05, 3.63) is 170 Å². The molecular weight excluding hydrogens is 546 g/mol. The average Bonchev–Trinajstić information content (AvgIpc) is 3.44. The zero-order chi connectivity index (χ0) is 30.2. The van der Waals surface area contributed by atoms with Gasteiger partial charge in [-0.1, -0.05) is 103 Å². The highest BCUT2D eigenvalue weighted by atomic mass is 15.0. The second-order valence-corrected chi connectivity index (χ2v) is 11.4. The Labute approximate surface area is 263 Å². The van der Waals surface area contributed by atoms with E-state index in [9.17, 15) is 0 Å². The van der Waals surface area contributed by atoms with Crippen molar-refractivity contribution in [2.45, 2.75) is 6.92 Å². The lowest BCUT2D eigenvalue weighted by molar-refractivity contribution is 1.18. The molecule has 0 atom stereocenters. The number of rotatable bonds is 6. The molecule has 0 aliphatic heterocycles. The summed E-state index contributed by atoms with van der Waals surface area (Å²) in [5.41, 5.74) is 13.7. The summed E-state index contributed by atoms with van der Waals surface area (Å²) in [5, 5.41) is 6.21. The van der Waals surface area contributed by atoms with Crippen LogP contribution < -0.4 is 5.32 Å². The highest BCUT2D eigenvalue weighted by Gasteiger charge is 2.13. The van der Waals surface area contributed by atoms with Crippen LogP contribution in [-0.2, 0) is 0 Å². The van der Waals surface area contributed by atoms with E-state index in [1.54, 1.807) is 0 Å². The Morgan fingerprint density at radius 3 is 1.82 bits per heavy atom. The maximum atomic E-state index is 4.68. The number of aromatic nitrogens is 2. The molecule has 0 bridgehead atoms. The summed E-state index contributed by atoms with van der Waals surface area (Å²) in [7, 11) is 0. The summed E-state index contributed by atoms with van der Waals surface area (Å²) >= 11 is 0. The Kier molecular flexibility index (Phi) is 6.69. The number of aryl methyl sites for hydroxylation is 1. The first-order valence-corrected chi connectivity index (χ1v) is 15.3. The fourth-order valence-corrected chi connectivity index (χ4v) is 6.42. The molecule has 2 aromatic heterocycles. The van der Waals surface area contributed by atoms with Crippen molar-refractivity contribution in [1.82, 2.24) is 9.55 Å². The van der Waals surface area contributed by atoms with Gasteiger partial charge < -0.3 is 9.88 Å². The van der Waals surface area contributed by atoms with Crippen LogP contribution in [0.25, 0.3) is 60.9 Å². The summed E-state index contributed by atoms with van der Waals surface area (Å²) in [6.07, 6.45) is 3.90. The molecule has 0 fully saturated rings. The fraction of sp³-hybridized carbons (Fsp3) is 0.0238. The van der Waals surface area contributed by atoms with Gasteiger partial charge in [0.1, 0.15) is 0 Å². The minimum Gasteiger partial charge on any atom is -0.355 e. The van der Waals surface area contributed by atoms with Crippen LogP contribution in [0.3, 0.4) is 0 Å². The van der Waals surface area contributed by atoms with Gasteiger partial charge in [0.05, 0.1) is 11.0 Å². The van der Waals surface area contributed by atoms with Crippen LogP contribution >= 0.6 is 0 Å². The topological polar surface area (TPSA) is 29.9 Å². The van der Waals surface area contributed by atoms with Crippen molar-refractivity contribution in [3.63, 3.8) is 0 Å². The zero-order valence-electron chi connectivity index (χ0n) is 25.0. The molecule has 0 spiro atoms. The smallest absolute Gasteiger partial charge is 0.0541 e. The van der Waals surface area contributed by atoms with Gasteiger partial charge in [0, 0.05) is 56.9 Å². The van der Waals surface area contributed by atoms with E-state index in [-0.39, 0.29) is 0 Å². The molecule has 0 saturated heterocycles. The summed E-state index contributed by atoms with van der Waals surface area (Å²) in [5.74, 6) is 0. The molecule has 8 aromatic rings. The molecule has 0 aliphatic carbocycles. The first-order valence-electron chi connectivity index (χ1n) is 15.3. The van der Waals surface area contributed by atoms with Crippen LogP contribution in [0.5, 0.6) is 0 Å². The minimum absolute atomic E-state index is 1.03. The number of para-hydroxylation sites is 3. The van der Waals surface area contributed by atoms with Gasteiger partial charge in [-0.3, -0.25) is 4.98 Å². The highest BCUT2D eigenvalue weighted by molar-refractivity contribution is 6.09. The van der Waals surface area contributed by atoms with E-state index >= 15 is 0 Å². The molecule has 0 aliphatic rings. The molecule has 0 unspecified atom stereocenters. The molecule has 0 saturated carbocycles. The summed E-state index contributed by atoms with van der Waals surface area (Å²) in [4.78, 5) is 4.68. The van der Waals surface area contributed by atoms with Gasteiger partial charge in [0.15, 0.2) is 0 Å². The maximum absolute atomic E-state index is 4.68. The molecule has 3 nitrogen and oxygen atoms in total. The summed E-state index contributed by atoms with van der Waals surface area (Å²) in [6, 6.07) is 53.8. The Bertz CT molecular complexity index is 2270. The number of hydrogen-bond donors (Lipinski definition) is 1.